The Labute approximate surface area is 113 Å². The van der Waals surface area contributed by atoms with E-state index in [0.717, 1.165) is 29.7 Å². The quantitative estimate of drug-likeness (QED) is 0.770. The van der Waals surface area contributed by atoms with Crippen LogP contribution in [0.1, 0.15) is 47.0 Å². The summed E-state index contributed by atoms with van der Waals surface area (Å²) in [6.45, 7) is 13.7. The van der Waals surface area contributed by atoms with E-state index in [1.165, 1.54) is 38.9 Å². The Bertz CT molecular complexity index is 312. The van der Waals surface area contributed by atoms with Crippen molar-refractivity contribution < 1.29 is 0 Å². The van der Waals surface area contributed by atoms with Crippen LogP contribution in [0.4, 0.5) is 0 Å². The van der Waals surface area contributed by atoms with Gasteiger partial charge in [0.2, 0.25) is 0 Å². The first kappa shape index (κ1) is 12.9. The molecule has 0 aromatic carbocycles. The average molecular weight is 250 g/mol. The first-order valence-electron chi connectivity index (χ1n) is 7.97. The monoisotopic (exact) mass is 250 g/mol. The molecule has 0 aromatic heterocycles. The van der Waals surface area contributed by atoms with Gasteiger partial charge in [-0.3, -0.25) is 4.90 Å². The summed E-state index contributed by atoms with van der Waals surface area (Å²) in [5, 5.41) is 3.59. The van der Waals surface area contributed by atoms with Crippen molar-refractivity contribution in [3.05, 3.63) is 0 Å². The highest BCUT2D eigenvalue weighted by molar-refractivity contribution is 5.07. The van der Waals surface area contributed by atoms with Crippen LogP contribution in [-0.2, 0) is 0 Å². The molecule has 0 spiro atoms. The van der Waals surface area contributed by atoms with Crippen LogP contribution >= 0.6 is 0 Å². The summed E-state index contributed by atoms with van der Waals surface area (Å²) in [4.78, 5) is 2.89. The van der Waals surface area contributed by atoms with Crippen molar-refractivity contribution in [2.75, 3.05) is 19.6 Å². The molecule has 1 aliphatic carbocycles. The predicted octanol–water partition coefficient (Wildman–Crippen LogP) is 2.74. The minimum absolute atomic E-state index is 0.410. The molecule has 1 saturated carbocycles. The van der Waals surface area contributed by atoms with E-state index in [0.29, 0.717) is 5.54 Å². The van der Waals surface area contributed by atoms with Crippen LogP contribution in [0.25, 0.3) is 0 Å². The van der Waals surface area contributed by atoms with Gasteiger partial charge >= 0.3 is 0 Å². The van der Waals surface area contributed by atoms with Gasteiger partial charge in [-0.2, -0.15) is 0 Å². The fourth-order valence-corrected chi connectivity index (χ4v) is 5.13. The van der Waals surface area contributed by atoms with Gasteiger partial charge in [0.25, 0.3) is 0 Å². The van der Waals surface area contributed by atoms with Crippen LogP contribution in [0.3, 0.4) is 0 Å². The highest BCUT2D eigenvalue weighted by Gasteiger charge is 2.52. The number of nitrogens with zero attached hydrogens (tertiary/aromatic N) is 1. The zero-order valence-corrected chi connectivity index (χ0v) is 12.6. The van der Waals surface area contributed by atoms with E-state index in [9.17, 15) is 0 Å². The average Bonchev–Trinajstić information content (AvgIpc) is 2.82. The van der Waals surface area contributed by atoms with Gasteiger partial charge in [-0.15, -0.1) is 0 Å². The van der Waals surface area contributed by atoms with Gasteiger partial charge in [-0.05, 0) is 63.3 Å². The molecule has 0 radical (unpaired) electrons. The van der Waals surface area contributed by atoms with E-state index < -0.39 is 0 Å². The molecule has 3 rings (SSSR count). The Kier molecular flexibility index (Phi) is 3.22. The van der Waals surface area contributed by atoms with Gasteiger partial charge in [0, 0.05) is 24.7 Å². The Morgan fingerprint density at radius 1 is 1.11 bits per heavy atom. The van der Waals surface area contributed by atoms with Crippen molar-refractivity contribution in [2.24, 2.45) is 23.7 Å². The summed E-state index contributed by atoms with van der Waals surface area (Å²) in [6.07, 6.45) is 4.30. The van der Waals surface area contributed by atoms with E-state index in [-0.39, 0.29) is 0 Å². The Balaban J connectivity index is 1.76. The standard InChI is InChI=1S/C16H30N2/c1-11-5-6-15(12(2)7-11)18-10-13-8-17-9-14(13)16(18,3)4/h11-15,17H,5-10H2,1-4H3. The molecule has 3 aliphatic rings. The van der Waals surface area contributed by atoms with Crippen molar-refractivity contribution in [3.63, 3.8) is 0 Å². The normalized spacial score (nSPS) is 48.3. The Morgan fingerprint density at radius 3 is 2.56 bits per heavy atom. The lowest BCUT2D eigenvalue weighted by molar-refractivity contribution is 0.0300. The third kappa shape index (κ3) is 1.92. The predicted molar refractivity (Wildman–Crippen MR) is 76.6 cm³/mol. The van der Waals surface area contributed by atoms with Crippen LogP contribution in [0.5, 0.6) is 0 Å². The summed E-state index contributed by atoms with van der Waals surface area (Å²) >= 11 is 0. The maximum absolute atomic E-state index is 3.59. The number of fused-ring (bicyclic) bond motifs is 1. The molecule has 2 heterocycles. The van der Waals surface area contributed by atoms with Crippen molar-refractivity contribution in [2.45, 2.75) is 58.5 Å². The van der Waals surface area contributed by atoms with Gasteiger partial charge in [-0.25, -0.2) is 0 Å². The zero-order valence-electron chi connectivity index (χ0n) is 12.6. The minimum atomic E-state index is 0.410. The molecular formula is C16H30N2. The molecule has 3 fully saturated rings. The Morgan fingerprint density at radius 2 is 1.89 bits per heavy atom. The molecule has 1 N–H and O–H groups in total. The van der Waals surface area contributed by atoms with Crippen molar-refractivity contribution in [1.82, 2.24) is 10.2 Å². The summed E-state index contributed by atoms with van der Waals surface area (Å²) in [6, 6.07) is 0.849. The number of hydrogen-bond acceptors (Lipinski definition) is 2. The van der Waals surface area contributed by atoms with E-state index in [1.807, 2.05) is 0 Å². The molecule has 2 saturated heterocycles. The largest absolute Gasteiger partial charge is 0.316 e. The van der Waals surface area contributed by atoms with E-state index in [4.69, 9.17) is 0 Å². The molecule has 104 valence electrons. The molecule has 0 bridgehead atoms. The number of hydrogen-bond donors (Lipinski definition) is 1. The lowest BCUT2D eigenvalue weighted by Gasteiger charge is -2.46. The van der Waals surface area contributed by atoms with Crippen molar-refractivity contribution in [1.29, 1.82) is 0 Å². The van der Waals surface area contributed by atoms with Crippen LogP contribution in [-0.4, -0.2) is 36.1 Å². The van der Waals surface area contributed by atoms with Gasteiger partial charge in [0.15, 0.2) is 0 Å². The maximum Gasteiger partial charge on any atom is 0.0200 e. The molecule has 0 amide bonds. The molecule has 0 aromatic rings. The zero-order chi connectivity index (χ0) is 12.9. The van der Waals surface area contributed by atoms with Gasteiger partial charge < -0.3 is 5.32 Å². The minimum Gasteiger partial charge on any atom is -0.316 e. The van der Waals surface area contributed by atoms with Crippen molar-refractivity contribution in [3.8, 4) is 0 Å². The summed E-state index contributed by atoms with van der Waals surface area (Å²) < 4.78 is 0. The van der Waals surface area contributed by atoms with Crippen LogP contribution < -0.4 is 5.32 Å². The molecule has 5 atom stereocenters. The van der Waals surface area contributed by atoms with E-state index >= 15 is 0 Å². The molecule has 5 unspecified atom stereocenters. The van der Waals surface area contributed by atoms with Crippen LogP contribution in [0.2, 0.25) is 0 Å². The second-order valence-electron chi connectivity index (χ2n) is 7.79. The summed E-state index contributed by atoms with van der Waals surface area (Å²) in [5.74, 6) is 3.62. The number of rotatable bonds is 1. The number of likely N-dealkylation sites (tertiary alicyclic amines) is 1. The first-order chi connectivity index (χ1) is 8.50. The SMILES string of the molecule is CC1CCC(N2CC3CNCC3C2(C)C)C(C)C1. The second kappa shape index (κ2) is 4.49. The molecule has 2 aliphatic heterocycles. The molecule has 2 nitrogen and oxygen atoms in total. The van der Waals surface area contributed by atoms with Crippen LogP contribution in [0.15, 0.2) is 0 Å². The lowest BCUT2D eigenvalue weighted by atomic mass is 9.77. The molecular weight excluding hydrogens is 220 g/mol. The first-order valence-corrected chi connectivity index (χ1v) is 7.97. The van der Waals surface area contributed by atoms with Gasteiger partial charge in [0.1, 0.15) is 0 Å². The molecule has 2 heteroatoms. The van der Waals surface area contributed by atoms with Crippen LogP contribution in [0, 0.1) is 23.7 Å². The number of nitrogens with one attached hydrogen (secondary N) is 1. The lowest BCUT2D eigenvalue weighted by Crippen LogP contribution is -2.53. The molecule has 18 heavy (non-hydrogen) atoms. The third-order valence-corrected chi connectivity index (χ3v) is 6.21. The van der Waals surface area contributed by atoms with E-state index in [1.54, 1.807) is 0 Å². The summed E-state index contributed by atoms with van der Waals surface area (Å²) in [5.41, 5.74) is 0.410. The highest BCUT2D eigenvalue weighted by Crippen LogP contribution is 2.45. The topological polar surface area (TPSA) is 15.3 Å². The highest BCUT2D eigenvalue weighted by atomic mass is 15.3. The smallest absolute Gasteiger partial charge is 0.0200 e. The maximum atomic E-state index is 3.59. The summed E-state index contributed by atoms with van der Waals surface area (Å²) in [7, 11) is 0. The fraction of sp³-hybridized carbons (Fsp3) is 1.00. The van der Waals surface area contributed by atoms with Gasteiger partial charge in [0.05, 0.1) is 0 Å². The third-order valence-electron chi connectivity index (χ3n) is 6.21. The second-order valence-corrected chi connectivity index (χ2v) is 7.79. The van der Waals surface area contributed by atoms with E-state index in [2.05, 4.69) is 37.9 Å². The van der Waals surface area contributed by atoms with Crippen molar-refractivity contribution >= 4 is 0 Å². The fourth-order valence-electron chi connectivity index (χ4n) is 5.13. The Hall–Kier alpha value is -0.0800. The van der Waals surface area contributed by atoms with Gasteiger partial charge in [-0.1, -0.05) is 13.8 Å².